The number of benzene rings is 2. The van der Waals surface area contributed by atoms with Crippen LogP contribution in [0.25, 0.3) is 0 Å². The predicted molar refractivity (Wildman–Crippen MR) is 75.8 cm³/mol. The van der Waals surface area contributed by atoms with Gasteiger partial charge in [-0.15, -0.1) is 0 Å². The van der Waals surface area contributed by atoms with Crippen molar-refractivity contribution in [3.63, 3.8) is 0 Å². The summed E-state index contributed by atoms with van der Waals surface area (Å²) in [5.74, 6) is -1.03. The fourth-order valence-electron chi connectivity index (χ4n) is 1.68. The van der Waals surface area contributed by atoms with Crippen molar-refractivity contribution in [2.24, 2.45) is 5.73 Å². The van der Waals surface area contributed by atoms with Crippen LogP contribution in [0.1, 0.15) is 11.1 Å². The Hall–Kier alpha value is -1.30. The summed E-state index contributed by atoms with van der Waals surface area (Å²) >= 11 is 5.63. The summed E-state index contributed by atoms with van der Waals surface area (Å²) in [6, 6.07) is 8.38. The number of hydrogen-bond acceptors (Lipinski definition) is 2. The number of hydrogen-bond donors (Lipinski definition) is 1. The van der Waals surface area contributed by atoms with E-state index >= 15 is 0 Å². The summed E-state index contributed by atoms with van der Waals surface area (Å²) < 4.78 is 38.9. The van der Waals surface area contributed by atoms with Gasteiger partial charge in [-0.1, -0.05) is 23.7 Å². The highest BCUT2D eigenvalue weighted by molar-refractivity contribution is 7.84. The first-order valence-electron chi connectivity index (χ1n) is 5.82. The van der Waals surface area contributed by atoms with Crippen LogP contribution in [-0.4, -0.2) is 4.21 Å². The molecule has 0 bridgehead atoms. The fraction of sp³-hybridized carbons (Fsp3) is 0.143. The molecule has 0 aliphatic carbocycles. The first kappa shape index (κ1) is 15.1. The molecule has 0 amide bonds. The molecule has 0 radical (unpaired) electrons. The Labute approximate surface area is 123 Å². The topological polar surface area (TPSA) is 43.1 Å². The largest absolute Gasteiger partial charge is 0.326 e. The highest BCUT2D eigenvalue weighted by atomic mass is 35.5. The second-order valence-corrected chi connectivity index (χ2v) is 6.05. The fourth-order valence-corrected chi connectivity index (χ4v) is 3.08. The van der Waals surface area contributed by atoms with Crippen molar-refractivity contribution in [3.8, 4) is 0 Å². The van der Waals surface area contributed by atoms with E-state index in [0.717, 1.165) is 6.07 Å². The van der Waals surface area contributed by atoms with Gasteiger partial charge in [0.15, 0.2) is 0 Å². The van der Waals surface area contributed by atoms with Gasteiger partial charge in [0.05, 0.1) is 21.6 Å². The molecule has 0 fully saturated rings. The van der Waals surface area contributed by atoms with E-state index < -0.39 is 22.4 Å². The van der Waals surface area contributed by atoms with Gasteiger partial charge in [-0.05, 0) is 29.8 Å². The van der Waals surface area contributed by atoms with Gasteiger partial charge in [-0.2, -0.15) is 0 Å². The molecule has 0 heterocycles. The van der Waals surface area contributed by atoms with Crippen molar-refractivity contribution in [2.45, 2.75) is 17.2 Å². The van der Waals surface area contributed by atoms with Gasteiger partial charge in [0.2, 0.25) is 0 Å². The Morgan fingerprint density at radius 1 is 1.10 bits per heavy atom. The lowest BCUT2D eigenvalue weighted by atomic mass is 10.1. The van der Waals surface area contributed by atoms with Crippen LogP contribution in [0.3, 0.4) is 0 Å². The Morgan fingerprint density at radius 3 is 2.45 bits per heavy atom. The normalized spacial score (nSPS) is 12.4. The van der Waals surface area contributed by atoms with Gasteiger partial charge in [-0.25, -0.2) is 8.78 Å². The van der Waals surface area contributed by atoms with E-state index in [-0.39, 0.29) is 17.3 Å². The predicted octanol–water partition coefficient (Wildman–Crippen LogP) is 3.38. The average molecular weight is 316 g/mol. The van der Waals surface area contributed by atoms with E-state index in [1.165, 1.54) is 18.2 Å². The van der Waals surface area contributed by atoms with Crippen LogP contribution in [-0.2, 0) is 23.1 Å². The summed E-state index contributed by atoms with van der Waals surface area (Å²) in [4.78, 5) is 0.360. The van der Waals surface area contributed by atoms with Crippen LogP contribution < -0.4 is 5.73 Å². The quantitative estimate of drug-likeness (QED) is 0.940. The highest BCUT2D eigenvalue weighted by Crippen LogP contribution is 2.21. The van der Waals surface area contributed by atoms with Crippen LogP contribution in [0.5, 0.6) is 0 Å². The molecule has 0 aliphatic rings. The molecule has 6 heteroatoms. The molecule has 2 nitrogen and oxygen atoms in total. The smallest absolute Gasteiger partial charge is 0.141 e. The molecule has 0 saturated heterocycles. The third-order valence-corrected chi connectivity index (χ3v) is 4.44. The molecule has 2 aromatic rings. The molecule has 2 rings (SSSR count). The van der Waals surface area contributed by atoms with Crippen molar-refractivity contribution in [3.05, 3.63) is 64.2 Å². The molecule has 2 aromatic carbocycles. The zero-order chi connectivity index (χ0) is 14.7. The Kier molecular flexibility index (Phi) is 4.86. The molecule has 0 aromatic heterocycles. The lowest BCUT2D eigenvalue weighted by Gasteiger charge is -2.06. The second-order valence-electron chi connectivity index (χ2n) is 4.20. The van der Waals surface area contributed by atoms with Crippen LogP contribution in [0.4, 0.5) is 8.78 Å². The van der Waals surface area contributed by atoms with E-state index in [4.69, 9.17) is 17.3 Å². The second kappa shape index (κ2) is 6.43. The number of halogens is 3. The van der Waals surface area contributed by atoms with Crippen molar-refractivity contribution >= 4 is 22.4 Å². The zero-order valence-corrected chi connectivity index (χ0v) is 12.0. The summed E-state index contributed by atoms with van der Waals surface area (Å²) in [7, 11) is -1.49. The summed E-state index contributed by atoms with van der Waals surface area (Å²) in [5.41, 5.74) is 6.40. The van der Waals surface area contributed by atoms with Gasteiger partial charge >= 0.3 is 0 Å². The number of rotatable bonds is 4. The minimum absolute atomic E-state index is 0.00134. The molecule has 1 unspecified atom stereocenters. The maximum Gasteiger partial charge on any atom is 0.141 e. The molecule has 1 atom stereocenters. The Morgan fingerprint density at radius 2 is 1.85 bits per heavy atom. The highest BCUT2D eigenvalue weighted by Gasteiger charge is 2.11. The lowest BCUT2D eigenvalue weighted by molar-refractivity contribution is 0.612. The first-order valence-corrected chi connectivity index (χ1v) is 7.51. The SMILES string of the molecule is NCc1ccc(CS(=O)c2ccc(F)c(Cl)c2)c(F)c1. The lowest BCUT2D eigenvalue weighted by Crippen LogP contribution is -2.02. The first-order chi connectivity index (χ1) is 9.51. The van der Waals surface area contributed by atoms with Gasteiger partial charge in [-0.3, -0.25) is 4.21 Å². The summed E-state index contributed by atoms with van der Waals surface area (Å²) in [5, 5.41) is -0.102. The van der Waals surface area contributed by atoms with Gasteiger partial charge in [0, 0.05) is 17.0 Å². The van der Waals surface area contributed by atoms with Crippen molar-refractivity contribution in [1.29, 1.82) is 0 Å². The monoisotopic (exact) mass is 315 g/mol. The van der Waals surface area contributed by atoms with Crippen LogP contribution >= 0.6 is 11.6 Å². The maximum absolute atomic E-state index is 13.8. The molecule has 20 heavy (non-hydrogen) atoms. The summed E-state index contributed by atoms with van der Waals surface area (Å²) in [6.07, 6.45) is 0. The average Bonchev–Trinajstić information content (AvgIpc) is 2.43. The third-order valence-electron chi connectivity index (χ3n) is 2.79. The van der Waals surface area contributed by atoms with Gasteiger partial charge < -0.3 is 5.73 Å². The van der Waals surface area contributed by atoms with Gasteiger partial charge in [0.1, 0.15) is 11.6 Å². The molecule has 0 aliphatic heterocycles. The standard InChI is InChI=1S/C14H12ClF2NOS/c15-12-6-11(3-4-13(12)16)20(19)8-10-2-1-9(7-18)5-14(10)17/h1-6H,7-8,18H2. The Bertz CT molecular complexity index is 664. The minimum Gasteiger partial charge on any atom is -0.326 e. The van der Waals surface area contributed by atoms with Crippen LogP contribution in [0.15, 0.2) is 41.3 Å². The van der Waals surface area contributed by atoms with E-state index in [1.807, 2.05) is 0 Å². The maximum atomic E-state index is 13.8. The minimum atomic E-state index is -1.49. The van der Waals surface area contributed by atoms with Crippen molar-refractivity contribution in [1.82, 2.24) is 0 Å². The van der Waals surface area contributed by atoms with Crippen LogP contribution in [0.2, 0.25) is 5.02 Å². The van der Waals surface area contributed by atoms with Gasteiger partial charge in [0.25, 0.3) is 0 Å². The third kappa shape index (κ3) is 3.42. The molecule has 106 valence electrons. The van der Waals surface area contributed by atoms with E-state index in [0.29, 0.717) is 16.0 Å². The zero-order valence-electron chi connectivity index (χ0n) is 10.4. The summed E-state index contributed by atoms with van der Waals surface area (Å²) in [6.45, 7) is 0.244. The van der Waals surface area contributed by atoms with Crippen molar-refractivity contribution in [2.75, 3.05) is 0 Å². The van der Waals surface area contributed by atoms with E-state index in [2.05, 4.69) is 0 Å². The molecule has 0 spiro atoms. The van der Waals surface area contributed by atoms with Crippen molar-refractivity contribution < 1.29 is 13.0 Å². The molecule has 0 saturated carbocycles. The van der Waals surface area contributed by atoms with E-state index in [1.54, 1.807) is 12.1 Å². The Balaban J connectivity index is 2.21. The molecular formula is C14H12ClF2NOS. The molecular weight excluding hydrogens is 304 g/mol. The van der Waals surface area contributed by atoms with Crippen LogP contribution in [0, 0.1) is 11.6 Å². The molecule has 2 N–H and O–H groups in total. The van der Waals surface area contributed by atoms with E-state index in [9.17, 15) is 13.0 Å². The number of nitrogens with two attached hydrogens (primary N) is 1.